The van der Waals surface area contributed by atoms with Gasteiger partial charge in [0.1, 0.15) is 34.9 Å². The summed E-state index contributed by atoms with van der Waals surface area (Å²) < 4.78 is 57.4. The van der Waals surface area contributed by atoms with E-state index < -0.39 is 26.6 Å². The van der Waals surface area contributed by atoms with Gasteiger partial charge in [-0.15, -0.1) is 0 Å². The first-order valence-corrected chi connectivity index (χ1v) is 11.7. The average Bonchev–Trinajstić information content (AvgIpc) is 3.34. The fourth-order valence-corrected chi connectivity index (χ4v) is 4.81. The molecule has 1 saturated heterocycles. The van der Waals surface area contributed by atoms with Crippen LogP contribution in [0.4, 0.5) is 10.1 Å². The fraction of sp³-hybridized carbons (Fsp3) is 0.217. The van der Waals surface area contributed by atoms with Crippen LogP contribution in [0, 0.1) is 17.1 Å². The summed E-state index contributed by atoms with van der Waals surface area (Å²) in [6, 6.07) is 15.0. The number of carbonyl (C=O) groups is 1. The van der Waals surface area contributed by atoms with Crippen molar-refractivity contribution in [1.29, 1.82) is 5.26 Å². The van der Waals surface area contributed by atoms with Crippen molar-refractivity contribution in [3.8, 4) is 11.8 Å². The van der Waals surface area contributed by atoms with Gasteiger partial charge in [0.15, 0.2) is 5.76 Å². The van der Waals surface area contributed by atoms with Crippen molar-refractivity contribution in [3.05, 3.63) is 77.5 Å². The molecule has 11 heteroatoms. The van der Waals surface area contributed by atoms with Gasteiger partial charge in [-0.3, -0.25) is 4.79 Å². The molecule has 34 heavy (non-hydrogen) atoms. The third kappa shape index (κ3) is 5.09. The van der Waals surface area contributed by atoms with Crippen molar-refractivity contribution < 1.29 is 31.5 Å². The summed E-state index contributed by atoms with van der Waals surface area (Å²) in [6.07, 6.45) is 0. The Balaban J connectivity index is 1.45. The topological polar surface area (TPSA) is 122 Å². The molecule has 9 nitrogen and oxygen atoms in total. The zero-order valence-corrected chi connectivity index (χ0v) is 18.7. The fourth-order valence-electron chi connectivity index (χ4n) is 3.31. The van der Waals surface area contributed by atoms with Gasteiger partial charge in [0.05, 0.1) is 18.8 Å². The number of benzene rings is 2. The highest BCUT2D eigenvalue weighted by Crippen LogP contribution is 2.25. The first-order chi connectivity index (χ1) is 16.4. The molecule has 3 aromatic rings. The summed E-state index contributed by atoms with van der Waals surface area (Å²) in [5.74, 6) is -0.890. The summed E-state index contributed by atoms with van der Waals surface area (Å²) in [7, 11) is -4.09. The van der Waals surface area contributed by atoms with Gasteiger partial charge in [0.25, 0.3) is 5.91 Å². The number of amides is 1. The zero-order valence-electron chi connectivity index (χ0n) is 17.9. The SMILES string of the molecule is N#Cc1ccccc1OCc1ccc(C(=O)Nc2ccc(F)c(S(=O)(=O)N3CCOCC3)c2)o1. The lowest BCUT2D eigenvalue weighted by Gasteiger charge is -2.26. The number of nitriles is 1. The largest absolute Gasteiger partial charge is 0.484 e. The van der Waals surface area contributed by atoms with Crippen LogP contribution in [-0.2, 0) is 21.4 Å². The molecule has 0 bridgehead atoms. The van der Waals surface area contributed by atoms with Gasteiger partial charge < -0.3 is 19.2 Å². The van der Waals surface area contributed by atoms with Gasteiger partial charge in [-0.25, -0.2) is 12.8 Å². The average molecular weight is 485 g/mol. The van der Waals surface area contributed by atoms with E-state index >= 15 is 0 Å². The van der Waals surface area contributed by atoms with Crippen LogP contribution in [0.5, 0.6) is 5.75 Å². The van der Waals surface area contributed by atoms with Crippen LogP contribution in [0.3, 0.4) is 0 Å². The van der Waals surface area contributed by atoms with E-state index in [-0.39, 0.29) is 44.4 Å². The third-order valence-corrected chi connectivity index (χ3v) is 6.95. The highest BCUT2D eigenvalue weighted by atomic mass is 32.2. The molecule has 1 aliphatic heterocycles. The second kappa shape index (κ2) is 10.0. The molecule has 0 atom stereocenters. The number of anilines is 1. The van der Waals surface area contributed by atoms with E-state index in [1.807, 2.05) is 6.07 Å². The van der Waals surface area contributed by atoms with Crippen molar-refractivity contribution in [2.24, 2.45) is 0 Å². The van der Waals surface area contributed by atoms with E-state index in [0.717, 1.165) is 16.4 Å². The number of carbonyl (C=O) groups excluding carboxylic acids is 1. The second-order valence-corrected chi connectivity index (χ2v) is 9.18. The number of morpholine rings is 1. The van der Waals surface area contributed by atoms with Crippen LogP contribution in [0.1, 0.15) is 21.9 Å². The molecular weight excluding hydrogens is 465 g/mol. The van der Waals surface area contributed by atoms with E-state index in [0.29, 0.717) is 17.1 Å². The van der Waals surface area contributed by atoms with Gasteiger partial charge >= 0.3 is 0 Å². The van der Waals surface area contributed by atoms with Crippen molar-refractivity contribution in [2.75, 3.05) is 31.6 Å². The number of rotatable bonds is 7. The normalized spacial score (nSPS) is 14.4. The predicted molar refractivity (Wildman–Crippen MR) is 118 cm³/mol. The molecular formula is C23H20FN3O6S. The second-order valence-electron chi connectivity index (χ2n) is 7.28. The molecule has 1 aromatic heterocycles. The Morgan fingerprint density at radius 3 is 2.68 bits per heavy atom. The molecule has 1 N–H and O–H groups in total. The van der Waals surface area contributed by atoms with E-state index in [1.165, 1.54) is 12.1 Å². The van der Waals surface area contributed by atoms with Gasteiger partial charge in [0, 0.05) is 18.8 Å². The number of hydrogen-bond acceptors (Lipinski definition) is 7. The molecule has 1 fully saturated rings. The first kappa shape index (κ1) is 23.4. The van der Waals surface area contributed by atoms with Crippen molar-refractivity contribution in [2.45, 2.75) is 11.5 Å². The lowest BCUT2D eigenvalue weighted by atomic mass is 10.2. The monoisotopic (exact) mass is 485 g/mol. The Kier molecular flexibility index (Phi) is 6.93. The van der Waals surface area contributed by atoms with E-state index in [9.17, 15) is 17.6 Å². The minimum absolute atomic E-state index is 0.00946. The third-order valence-electron chi connectivity index (χ3n) is 5.04. The van der Waals surface area contributed by atoms with Gasteiger partial charge in [-0.2, -0.15) is 9.57 Å². The van der Waals surface area contributed by atoms with E-state index in [2.05, 4.69) is 5.32 Å². The molecule has 0 aliphatic carbocycles. The number of nitrogens with one attached hydrogen (secondary N) is 1. The van der Waals surface area contributed by atoms with Crippen LogP contribution in [0.15, 0.2) is 63.9 Å². The lowest BCUT2D eigenvalue weighted by molar-refractivity contribution is 0.0729. The maximum Gasteiger partial charge on any atom is 0.291 e. The number of nitrogens with zero attached hydrogens (tertiary/aromatic N) is 2. The lowest BCUT2D eigenvalue weighted by Crippen LogP contribution is -2.40. The Bertz CT molecular complexity index is 1340. The Hall–Kier alpha value is -3.72. The van der Waals surface area contributed by atoms with Gasteiger partial charge in [-0.05, 0) is 42.5 Å². The van der Waals surface area contributed by atoms with Crippen molar-refractivity contribution >= 4 is 21.6 Å². The molecule has 0 saturated carbocycles. The predicted octanol–water partition coefficient (Wildman–Crippen LogP) is 3.14. The standard InChI is InChI=1S/C23H20FN3O6S/c24-19-7-5-17(13-22(19)34(29,30)27-9-11-31-12-10-27)26-23(28)21-8-6-18(33-21)15-32-20-4-2-1-3-16(20)14-25/h1-8,13H,9-12,15H2,(H,26,28). The number of ether oxygens (including phenoxy) is 2. The smallest absolute Gasteiger partial charge is 0.291 e. The highest BCUT2D eigenvalue weighted by Gasteiger charge is 2.29. The Morgan fingerprint density at radius 1 is 1.15 bits per heavy atom. The van der Waals surface area contributed by atoms with E-state index in [1.54, 1.807) is 30.3 Å². The molecule has 2 aromatic carbocycles. The van der Waals surface area contributed by atoms with Crippen molar-refractivity contribution in [1.82, 2.24) is 4.31 Å². The quantitative estimate of drug-likeness (QED) is 0.546. The summed E-state index contributed by atoms with van der Waals surface area (Å²) in [5.41, 5.74) is 0.460. The minimum atomic E-state index is -4.09. The molecule has 0 radical (unpaired) electrons. The summed E-state index contributed by atoms with van der Waals surface area (Å²) in [5, 5.41) is 11.6. The molecule has 0 spiro atoms. The first-order valence-electron chi connectivity index (χ1n) is 10.3. The molecule has 2 heterocycles. The van der Waals surface area contributed by atoms with Crippen LogP contribution in [0.2, 0.25) is 0 Å². The number of para-hydroxylation sites is 1. The van der Waals surface area contributed by atoms with Crippen LogP contribution < -0.4 is 10.1 Å². The maximum absolute atomic E-state index is 14.4. The van der Waals surface area contributed by atoms with Crippen molar-refractivity contribution in [3.63, 3.8) is 0 Å². The molecule has 0 unspecified atom stereocenters. The molecule has 1 amide bonds. The van der Waals surface area contributed by atoms with E-state index in [4.69, 9.17) is 19.2 Å². The maximum atomic E-state index is 14.4. The van der Waals surface area contributed by atoms with Gasteiger partial charge in [0.2, 0.25) is 10.0 Å². The minimum Gasteiger partial charge on any atom is -0.484 e. The number of halogens is 1. The van der Waals surface area contributed by atoms with Crippen LogP contribution in [-0.4, -0.2) is 44.9 Å². The Labute approximate surface area is 195 Å². The molecule has 176 valence electrons. The Morgan fingerprint density at radius 2 is 1.91 bits per heavy atom. The number of hydrogen-bond donors (Lipinski definition) is 1. The summed E-state index contributed by atoms with van der Waals surface area (Å²) >= 11 is 0. The van der Waals surface area contributed by atoms with Gasteiger partial charge in [-0.1, -0.05) is 12.1 Å². The highest BCUT2D eigenvalue weighted by molar-refractivity contribution is 7.89. The number of furan rings is 1. The molecule has 1 aliphatic rings. The summed E-state index contributed by atoms with van der Waals surface area (Å²) in [6.45, 7) is 0.682. The number of sulfonamides is 1. The van der Waals surface area contributed by atoms with Crippen LogP contribution in [0.25, 0.3) is 0 Å². The zero-order chi connectivity index (χ0) is 24.1. The van der Waals surface area contributed by atoms with Crippen LogP contribution >= 0.6 is 0 Å². The summed E-state index contributed by atoms with van der Waals surface area (Å²) in [4.78, 5) is 12.1. The molecule has 4 rings (SSSR count).